The molecule has 1 aromatic rings. The minimum atomic E-state index is -0.282. The molecule has 1 amide bonds. The maximum atomic E-state index is 13.2. The van der Waals surface area contributed by atoms with Crippen molar-refractivity contribution in [3.05, 3.63) is 29.6 Å². The van der Waals surface area contributed by atoms with Crippen LogP contribution in [-0.2, 0) is 11.2 Å². The zero-order valence-electron chi connectivity index (χ0n) is 10.0. The molecule has 0 spiro atoms. The summed E-state index contributed by atoms with van der Waals surface area (Å²) in [7, 11) is 0. The highest BCUT2D eigenvalue weighted by Crippen LogP contribution is 2.28. The Labute approximate surface area is 101 Å². The van der Waals surface area contributed by atoms with Crippen molar-refractivity contribution >= 4 is 11.6 Å². The van der Waals surface area contributed by atoms with Crippen molar-refractivity contribution in [2.45, 2.75) is 19.8 Å². The number of nitrogens with one attached hydrogen (secondary N) is 1. The van der Waals surface area contributed by atoms with E-state index in [0.29, 0.717) is 19.5 Å². The first-order chi connectivity index (χ1) is 8.22. The van der Waals surface area contributed by atoms with Crippen molar-refractivity contribution in [3.8, 4) is 0 Å². The molecule has 1 aromatic carbocycles. The summed E-state index contributed by atoms with van der Waals surface area (Å²) in [6.45, 7) is 4.21. The van der Waals surface area contributed by atoms with Gasteiger partial charge in [0.25, 0.3) is 0 Å². The fraction of sp³-hybridized carbons (Fsp3) is 0.462. The van der Waals surface area contributed by atoms with Gasteiger partial charge in [0.2, 0.25) is 5.91 Å². The van der Waals surface area contributed by atoms with Gasteiger partial charge in [0, 0.05) is 25.2 Å². The molecule has 2 rings (SSSR count). The summed E-state index contributed by atoms with van der Waals surface area (Å²) in [5.41, 5.74) is 1.80. The number of benzene rings is 1. The molecule has 4 heteroatoms. The van der Waals surface area contributed by atoms with Gasteiger partial charge in [-0.15, -0.1) is 0 Å². The molecule has 0 radical (unpaired) electrons. The van der Waals surface area contributed by atoms with E-state index in [0.717, 1.165) is 24.2 Å². The second-order valence-corrected chi connectivity index (χ2v) is 4.17. The van der Waals surface area contributed by atoms with E-state index < -0.39 is 0 Å². The van der Waals surface area contributed by atoms with Gasteiger partial charge >= 0.3 is 0 Å². The average Bonchev–Trinajstić information content (AvgIpc) is 2.72. The number of fused-ring (bicyclic) bond motifs is 1. The lowest BCUT2D eigenvalue weighted by Crippen LogP contribution is -2.31. The molecule has 1 aliphatic rings. The standard InChI is InChI=1S/C13H17FN2O/c1-2-15-7-5-13(17)16-8-6-10-3-4-11(14)9-12(10)16/h3-4,9,15H,2,5-8H2,1H3. The minimum absolute atomic E-state index is 0.0651. The van der Waals surface area contributed by atoms with Crippen LogP contribution in [0, 0.1) is 5.82 Å². The smallest absolute Gasteiger partial charge is 0.228 e. The SMILES string of the molecule is CCNCCC(=O)N1CCc2ccc(F)cc21. The quantitative estimate of drug-likeness (QED) is 0.807. The molecule has 3 nitrogen and oxygen atoms in total. The van der Waals surface area contributed by atoms with E-state index in [1.165, 1.54) is 12.1 Å². The number of halogens is 1. The number of hydrogen-bond donors (Lipinski definition) is 1. The summed E-state index contributed by atoms with van der Waals surface area (Å²) in [6, 6.07) is 4.67. The van der Waals surface area contributed by atoms with Gasteiger partial charge in [-0.2, -0.15) is 0 Å². The molecule has 0 aromatic heterocycles. The topological polar surface area (TPSA) is 32.3 Å². The van der Waals surface area contributed by atoms with E-state index in [9.17, 15) is 9.18 Å². The zero-order chi connectivity index (χ0) is 12.3. The third-order valence-corrected chi connectivity index (χ3v) is 3.01. The van der Waals surface area contributed by atoms with Crippen LogP contribution in [-0.4, -0.2) is 25.5 Å². The van der Waals surface area contributed by atoms with Crippen LogP contribution in [0.25, 0.3) is 0 Å². The lowest BCUT2D eigenvalue weighted by Gasteiger charge is -2.17. The Kier molecular flexibility index (Phi) is 3.74. The number of anilines is 1. The predicted octanol–water partition coefficient (Wildman–Crippen LogP) is 1.71. The summed E-state index contributed by atoms with van der Waals surface area (Å²) < 4.78 is 13.2. The number of rotatable bonds is 4. The van der Waals surface area contributed by atoms with Crippen LogP contribution in [0.15, 0.2) is 18.2 Å². The summed E-state index contributed by atoms with van der Waals surface area (Å²) >= 11 is 0. The van der Waals surface area contributed by atoms with Crippen molar-refractivity contribution in [1.82, 2.24) is 5.32 Å². The molecular weight excluding hydrogens is 219 g/mol. The first kappa shape index (κ1) is 12.0. The summed E-state index contributed by atoms with van der Waals surface area (Å²) in [4.78, 5) is 13.6. The van der Waals surface area contributed by atoms with Crippen LogP contribution in [0.5, 0.6) is 0 Å². The Hall–Kier alpha value is -1.42. The maximum Gasteiger partial charge on any atom is 0.228 e. The molecule has 0 aliphatic carbocycles. The van der Waals surface area contributed by atoms with Gasteiger partial charge < -0.3 is 10.2 Å². The first-order valence-electron chi connectivity index (χ1n) is 6.02. The molecule has 92 valence electrons. The molecule has 0 saturated carbocycles. The monoisotopic (exact) mass is 236 g/mol. The lowest BCUT2D eigenvalue weighted by molar-refractivity contribution is -0.118. The molecule has 0 fully saturated rings. The zero-order valence-corrected chi connectivity index (χ0v) is 10.0. The van der Waals surface area contributed by atoms with Crippen molar-refractivity contribution in [1.29, 1.82) is 0 Å². The van der Waals surface area contributed by atoms with Crippen LogP contribution >= 0.6 is 0 Å². The second-order valence-electron chi connectivity index (χ2n) is 4.17. The molecule has 1 N–H and O–H groups in total. The third-order valence-electron chi connectivity index (χ3n) is 3.01. The number of hydrogen-bond acceptors (Lipinski definition) is 2. The third kappa shape index (κ3) is 2.64. The van der Waals surface area contributed by atoms with E-state index in [1.807, 2.05) is 6.92 Å². The van der Waals surface area contributed by atoms with Gasteiger partial charge in [-0.25, -0.2) is 4.39 Å². The molecule has 0 bridgehead atoms. The normalized spacial score (nSPS) is 13.9. The molecule has 0 saturated heterocycles. The summed E-state index contributed by atoms with van der Waals surface area (Å²) in [6.07, 6.45) is 1.28. The maximum absolute atomic E-state index is 13.2. The van der Waals surface area contributed by atoms with Crippen LogP contribution < -0.4 is 10.2 Å². The van der Waals surface area contributed by atoms with Gasteiger partial charge in [0.05, 0.1) is 0 Å². The van der Waals surface area contributed by atoms with Gasteiger partial charge in [0.15, 0.2) is 0 Å². The minimum Gasteiger partial charge on any atom is -0.316 e. The summed E-state index contributed by atoms with van der Waals surface area (Å²) in [5.74, 6) is -0.217. The highest BCUT2D eigenvalue weighted by atomic mass is 19.1. The van der Waals surface area contributed by atoms with E-state index in [4.69, 9.17) is 0 Å². The number of carbonyl (C=O) groups excluding carboxylic acids is 1. The van der Waals surface area contributed by atoms with Gasteiger partial charge in [0.1, 0.15) is 5.82 Å². The Morgan fingerprint density at radius 2 is 2.35 bits per heavy atom. The van der Waals surface area contributed by atoms with Crippen LogP contribution in [0.1, 0.15) is 18.9 Å². The van der Waals surface area contributed by atoms with Gasteiger partial charge in [-0.3, -0.25) is 4.79 Å². The molecule has 1 aliphatic heterocycles. The predicted molar refractivity (Wildman–Crippen MR) is 65.6 cm³/mol. The summed E-state index contributed by atoms with van der Waals surface area (Å²) in [5, 5.41) is 3.12. The van der Waals surface area contributed by atoms with Crippen LogP contribution in [0.3, 0.4) is 0 Å². The Bertz CT molecular complexity index is 420. The van der Waals surface area contributed by atoms with Crippen molar-refractivity contribution in [2.75, 3.05) is 24.5 Å². The molecular formula is C13H17FN2O. The number of nitrogens with zero attached hydrogens (tertiary/aromatic N) is 1. The average molecular weight is 236 g/mol. The Morgan fingerprint density at radius 1 is 1.53 bits per heavy atom. The highest BCUT2D eigenvalue weighted by Gasteiger charge is 2.24. The molecule has 17 heavy (non-hydrogen) atoms. The molecule has 0 unspecified atom stereocenters. The van der Waals surface area contributed by atoms with E-state index >= 15 is 0 Å². The fourth-order valence-corrected chi connectivity index (χ4v) is 2.12. The second kappa shape index (κ2) is 5.27. The van der Waals surface area contributed by atoms with E-state index in [-0.39, 0.29) is 11.7 Å². The fourth-order valence-electron chi connectivity index (χ4n) is 2.12. The van der Waals surface area contributed by atoms with Gasteiger partial charge in [-0.05, 0) is 30.7 Å². The molecule has 0 atom stereocenters. The number of amides is 1. The van der Waals surface area contributed by atoms with E-state index in [1.54, 1.807) is 11.0 Å². The Morgan fingerprint density at radius 3 is 3.12 bits per heavy atom. The van der Waals surface area contributed by atoms with Crippen molar-refractivity contribution in [2.24, 2.45) is 0 Å². The van der Waals surface area contributed by atoms with Crippen LogP contribution in [0.2, 0.25) is 0 Å². The first-order valence-corrected chi connectivity index (χ1v) is 6.02. The van der Waals surface area contributed by atoms with Gasteiger partial charge in [-0.1, -0.05) is 13.0 Å². The van der Waals surface area contributed by atoms with Crippen molar-refractivity contribution in [3.63, 3.8) is 0 Å². The number of carbonyl (C=O) groups is 1. The van der Waals surface area contributed by atoms with Crippen molar-refractivity contribution < 1.29 is 9.18 Å². The Balaban J connectivity index is 2.05. The largest absolute Gasteiger partial charge is 0.316 e. The highest BCUT2D eigenvalue weighted by molar-refractivity contribution is 5.95. The molecule has 1 heterocycles. The van der Waals surface area contributed by atoms with E-state index in [2.05, 4.69) is 5.32 Å². The van der Waals surface area contributed by atoms with Crippen LogP contribution in [0.4, 0.5) is 10.1 Å². The lowest BCUT2D eigenvalue weighted by atomic mass is 10.2.